The van der Waals surface area contributed by atoms with Gasteiger partial charge >= 0.3 is 0 Å². The van der Waals surface area contributed by atoms with E-state index in [0.717, 1.165) is 11.8 Å². The lowest BCUT2D eigenvalue weighted by Gasteiger charge is -2.36. The molecule has 2 heterocycles. The molecule has 0 spiro atoms. The summed E-state index contributed by atoms with van der Waals surface area (Å²) in [4.78, 5) is 16.9. The van der Waals surface area contributed by atoms with Crippen LogP contribution in [-0.2, 0) is 25.1 Å². The van der Waals surface area contributed by atoms with Crippen LogP contribution in [0, 0.1) is 36.0 Å². The monoisotopic (exact) mass is 578 g/mol. The number of piperazine rings is 1. The molecule has 2 aromatic rings. The summed E-state index contributed by atoms with van der Waals surface area (Å²) in [5.74, 6) is 1.83. The summed E-state index contributed by atoms with van der Waals surface area (Å²) in [6.45, 7) is 3.81. The van der Waals surface area contributed by atoms with Gasteiger partial charge in [0.05, 0.1) is 12.4 Å². The molecule has 1 atom stereocenters. The Balaban J connectivity index is 1.67. The van der Waals surface area contributed by atoms with Gasteiger partial charge in [-0.05, 0) is 36.6 Å². The molecule has 41 heavy (non-hydrogen) atoms. The molecule has 1 saturated heterocycles. The van der Waals surface area contributed by atoms with Crippen molar-refractivity contribution < 1.29 is 22.5 Å². The second kappa shape index (κ2) is 15.0. The predicted molar refractivity (Wildman–Crippen MR) is 156 cm³/mol. The number of pyridine rings is 1. The Bertz CT molecular complexity index is 1430. The highest BCUT2D eigenvalue weighted by atomic mass is 32.2. The summed E-state index contributed by atoms with van der Waals surface area (Å²) in [7, 11) is -3.46. The molecule has 216 valence electrons. The topological polar surface area (TPSA) is 156 Å². The van der Waals surface area contributed by atoms with Gasteiger partial charge in [-0.3, -0.25) is 15.4 Å². The van der Waals surface area contributed by atoms with E-state index in [2.05, 4.69) is 11.2 Å². The number of amides is 1. The zero-order chi connectivity index (χ0) is 29.8. The number of benzene rings is 1. The summed E-state index contributed by atoms with van der Waals surface area (Å²) >= 11 is 0. The minimum absolute atomic E-state index is 0.0250. The van der Waals surface area contributed by atoms with Crippen molar-refractivity contribution in [3.8, 4) is 18.4 Å². The number of anilines is 1. The van der Waals surface area contributed by atoms with Gasteiger partial charge < -0.3 is 20.4 Å². The fourth-order valence-corrected chi connectivity index (χ4v) is 5.93. The zero-order valence-corrected chi connectivity index (χ0v) is 23.9. The number of ether oxygens (including phenoxy) is 1. The van der Waals surface area contributed by atoms with Crippen molar-refractivity contribution in [3.05, 3.63) is 71.4 Å². The first-order chi connectivity index (χ1) is 19.7. The number of terminal acetylenes is 1. The van der Waals surface area contributed by atoms with Gasteiger partial charge in [0.1, 0.15) is 11.6 Å². The quantitative estimate of drug-likeness (QED) is 0.0810. The standard InChI is InChI=1S/C29H35N7O4S/c1-3-4-5-17-40-28(29(37)33-25-8-6-7-23(2)18-25)26(19-30)35-15-13-34(14-16-35)22-41(38,39)21-24-9-11-36(12-10-24)27(32)20-31/h1,6-12,18-19,27,30H,4-5,13-17,21-22,32H2,2H3/p+1/b28-26-,30-19?. The van der Waals surface area contributed by atoms with Crippen molar-refractivity contribution >= 4 is 27.6 Å². The molecule has 1 aliphatic heterocycles. The van der Waals surface area contributed by atoms with Crippen LogP contribution in [0.5, 0.6) is 0 Å². The van der Waals surface area contributed by atoms with Crippen LogP contribution in [0.3, 0.4) is 0 Å². The highest BCUT2D eigenvalue weighted by Gasteiger charge is 2.27. The molecule has 0 saturated carbocycles. The molecule has 3 rings (SSSR count). The summed E-state index contributed by atoms with van der Waals surface area (Å²) in [5.41, 5.74) is 8.19. The van der Waals surface area contributed by atoms with E-state index in [1.54, 1.807) is 30.6 Å². The number of nitrogens with two attached hydrogens (primary N) is 1. The molecule has 1 aliphatic rings. The molecule has 1 amide bonds. The van der Waals surface area contributed by atoms with Crippen LogP contribution in [-0.4, -0.2) is 69.0 Å². The number of hydrogen-bond acceptors (Lipinski definition) is 9. The first kappa shape index (κ1) is 31.3. The molecular formula is C29H36N7O4S+. The van der Waals surface area contributed by atoms with Crippen LogP contribution in [0.1, 0.15) is 30.1 Å². The summed E-state index contributed by atoms with van der Waals surface area (Å²) in [5, 5.41) is 19.8. The number of carbonyl (C=O) groups excluding carboxylic acids is 1. The van der Waals surface area contributed by atoms with E-state index in [9.17, 15) is 13.2 Å². The minimum atomic E-state index is -3.46. The zero-order valence-electron chi connectivity index (χ0n) is 23.1. The lowest BCUT2D eigenvalue weighted by molar-refractivity contribution is -0.709. The molecule has 1 aromatic heterocycles. The molecular weight excluding hydrogens is 542 g/mol. The maximum Gasteiger partial charge on any atom is 0.297 e. The maximum absolute atomic E-state index is 13.3. The molecule has 12 heteroatoms. The van der Waals surface area contributed by atoms with Crippen molar-refractivity contribution in [3.63, 3.8) is 0 Å². The second-order valence-corrected chi connectivity index (χ2v) is 11.7. The van der Waals surface area contributed by atoms with Crippen LogP contribution in [0.2, 0.25) is 0 Å². The number of rotatable bonds is 13. The van der Waals surface area contributed by atoms with E-state index >= 15 is 0 Å². The summed E-state index contributed by atoms with van der Waals surface area (Å²) in [6.07, 6.45) is 9.83. The van der Waals surface area contributed by atoms with Gasteiger partial charge in [-0.2, -0.15) is 9.83 Å². The lowest BCUT2D eigenvalue weighted by Crippen LogP contribution is -2.48. The van der Waals surface area contributed by atoms with Gasteiger partial charge in [0, 0.05) is 56.6 Å². The Hall–Kier alpha value is -4.23. The highest BCUT2D eigenvalue weighted by Crippen LogP contribution is 2.18. The van der Waals surface area contributed by atoms with Gasteiger partial charge in [0.15, 0.2) is 28.3 Å². The van der Waals surface area contributed by atoms with Crippen molar-refractivity contribution in [1.29, 1.82) is 10.7 Å². The molecule has 1 unspecified atom stereocenters. The number of nitrogens with one attached hydrogen (secondary N) is 2. The average molecular weight is 579 g/mol. The lowest BCUT2D eigenvalue weighted by atomic mass is 10.2. The number of allylic oxidation sites excluding steroid dienone is 1. The summed E-state index contributed by atoms with van der Waals surface area (Å²) < 4.78 is 33.2. The average Bonchev–Trinajstić information content (AvgIpc) is 2.95. The van der Waals surface area contributed by atoms with Crippen molar-refractivity contribution in [2.75, 3.05) is 44.0 Å². The van der Waals surface area contributed by atoms with Gasteiger partial charge in [-0.25, -0.2) is 8.42 Å². The Kier molecular flexibility index (Phi) is 11.4. The molecule has 1 fully saturated rings. The fourth-order valence-electron chi connectivity index (χ4n) is 4.33. The smallest absolute Gasteiger partial charge is 0.297 e. The molecule has 11 nitrogen and oxygen atoms in total. The van der Waals surface area contributed by atoms with Crippen LogP contribution >= 0.6 is 0 Å². The van der Waals surface area contributed by atoms with Crippen molar-refractivity contribution in [2.24, 2.45) is 5.73 Å². The first-order valence-corrected chi connectivity index (χ1v) is 15.0. The Morgan fingerprint density at radius 1 is 1.27 bits per heavy atom. The van der Waals surface area contributed by atoms with Gasteiger partial charge in [-0.15, -0.1) is 12.3 Å². The number of nitrogens with zero attached hydrogens (tertiary/aromatic N) is 4. The van der Waals surface area contributed by atoms with Crippen molar-refractivity contribution in [1.82, 2.24) is 9.80 Å². The third-order valence-electron chi connectivity index (χ3n) is 6.42. The Morgan fingerprint density at radius 3 is 2.59 bits per heavy atom. The van der Waals surface area contributed by atoms with E-state index in [1.807, 2.05) is 41.0 Å². The molecule has 4 N–H and O–H groups in total. The normalized spacial score (nSPS) is 15.2. The highest BCUT2D eigenvalue weighted by molar-refractivity contribution is 7.90. The number of carbonyl (C=O) groups is 1. The molecule has 0 aliphatic carbocycles. The van der Waals surface area contributed by atoms with E-state index in [1.165, 1.54) is 4.57 Å². The SMILES string of the molecule is C#CCCCO/C(C(=O)Nc1cccc(C)c1)=C(/C=N)N1CCN(CS(=O)(=O)Cc2cc[n+](C(N)C#N)cc2)CC1. The maximum atomic E-state index is 13.3. The Labute approximate surface area is 241 Å². The molecule has 1 aromatic carbocycles. The minimum Gasteiger partial charge on any atom is -0.486 e. The van der Waals surface area contributed by atoms with Crippen LogP contribution in [0.15, 0.2) is 60.2 Å². The third-order valence-corrected chi connectivity index (χ3v) is 7.95. The Morgan fingerprint density at radius 2 is 1.98 bits per heavy atom. The van der Waals surface area contributed by atoms with E-state index < -0.39 is 21.9 Å². The van der Waals surface area contributed by atoms with E-state index in [0.29, 0.717) is 56.0 Å². The summed E-state index contributed by atoms with van der Waals surface area (Å²) in [6, 6.07) is 12.6. The van der Waals surface area contributed by atoms with Gasteiger partial charge in [-0.1, -0.05) is 12.1 Å². The molecule has 0 radical (unpaired) electrons. The number of aromatic nitrogens is 1. The predicted octanol–water partition coefficient (Wildman–Crippen LogP) is 1.68. The van der Waals surface area contributed by atoms with Crippen LogP contribution in [0.25, 0.3) is 0 Å². The van der Waals surface area contributed by atoms with Crippen LogP contribution in [0.4, 0.5) is 5.69 Å². The van der Waals surface area contributed by atoms with Crippen molar-refractivity contribution in [2.45, 2.75) is 31.7 Å². The number of hydrogen-bond donors (Lipinski definition) is 3. The second-order valence-electron chi connectivity index (χ2n) is 9.69. The number of sulfone groups is 1. The van der Waals surface area contributed by atoms with Gasteiger partial charge in [0.2, 0.25) is 5.76 Å². The molecule has 0 bridgehead atoms. The first-order valence-electron chi connectivity index (χ1n) is 13.2. The van der Waals surface area contributed by atoms with Crippen LogP contribution < -0.4 is 15.6 Å². The van der Waals surface area contributed by atoms with E-state index in [4.69, 9.17) is 27.6 Å². The number of aryl methyl sites for hydroxylation is 1. The third kappa shape index (κ3) is 9.43. The van der Waals surface area contributed by atoms with Gasteiger partial charge in [0.25, 0.3) is 12.1 Å². The van der Waals surface area contributed by atoms with E-state index in [-0.39, 0.29) is 24.0 Å². The fraction of sp³-hybridized carbons (Fsp3) is 0.379. The number of nitriles is 1. The number of unbranched alkanes of at least 4 members (excludes halogenated alkanes) is 1. The largest absolute Gasteiger partial charge is 0.486 e.